The quantitative estimate of drug-likeness (QED) is 0.747. The van der Waals surface area contributed by atoms with Gasteiger partial charge in [-0.25, -0.2) is 4.79 Å². The van der Waals surface area contributed by atoms with E-state index < -0.39 is 17.5 Å². The molecule has 3 N–H and O–H groups in total. The number of rotatable bonds is 4. The van der Waals surface area contributed by atoms with Gasteiger partial charge < -0.3 is 16.0 Å². The number of primary amides is 1. The number of likely N-dealkylation sites (tertiary alicyclic amines) is 1. The molecule has 2 aliphatic heterocycles. The van der Waals surface area contributed by atoms with Crippen LogP contribution in [0.25, 0.3) is 0 Å². The van der Waals surface area contributed by atoms with Gasteiger partial charge in [0.1, 0.15) is 12.1 Å². The summed E-state index contributed by atoms with van der Waals surface area (Å²) in [6.07, 6.45) is 1.01. The molecule has 8 heteroatoms. The summed E-state index contributed by atoms with van der Waals surface area (Å²) in [5.74, 6) is -1.34. The number of nitrogens with zero attached hydrogens (tertiary/aromatic N) is 2. The van der Waals surface area contributed by atoms with Crippen LogP contribution in [0.15, 0.2) is 30.3 Å². The lowest BCUT2D eigenvalue weighted by atomic mass is 9.92. The Labute approximate surface area is 151 Å². The predicted molar refractivity (Wildman–Crippen MR) is 92.5 cm³/mol. The summed E-state index contributed by atoms with van der Waals surface area (Å²) < 4.78 is 0. The maximum absolute atomic E-state index is 12.8. The van der Waals surface area contributed by atoms with Crippen LogP contribution in [0.2, 0.25) is 0 Å². The lowest BCUT2D eigenvalue weighted by Gasteiger charge is -2.31. The van der Waals surface area contributed by atoms with Crippen LogP contribution in [0.4, 0.5) is 4.79 Å². The monoisotopic (exact) mass is 358 g/mol. The van der Waals surface area contributed by atoms with Gasteiger partial charge in [0.2, 0.25) is 11.8 Å². The fourth-order valence-electron chi connectivity index (χ4n) is 3.46. The maximum atomic E-state index is 12.8. The van der Waals surface area contributed by atoms with Gasteiger partial charge in [-0.1, -0.05) is 30.3 Å². The highest BCUT2D eigenvalue weighted by Crippen LogP contribution is 2.28. The molecule has 5 amide bonds. The molecule has 1 aromatic rings. The maximum Gasteiger partial charge on any atom is 0.325 e. The molecule has 0 bridgehead atoms. The summed E-state index contributed by atoms with van der Waals surface area (Å²) in [6.45, 7) is 2.11. The van der Waals surface area contributed by atoms with Gasteiger partial charge in [0.05, 0.1) is 0 Å². The average Bonchev–Trinajstić information content (AvgIpc) is 2.86. The number of carbonyl (C=O) groups is 4. The van der Waals surface area contributed by atoms with Crippen molar-refractivity contribution >= 4 is 23.8 Å². The van der Waals surface area contributed by atoms with Gasteiger partial charge in [-0.3, -0.25) is 19.3 Å². The second-order valence-corrected chi connectivity index (χ2v) is 6.87. The van der Waals surface area contributed by atoms with E-state index in [0.29, 0.717) is 31.5 Å². The highest BCUT2D eigenvalue weighted by Gasteiger charge is 2.49. The molecular formula is C18H22N4O4. The minimum atomic E-state index is -1.18. The van der Waals surface area contributed by atoms with E-state index in [1.165, 1.54) is 0 Å². The van der Waals surface area contributed by atoms with Crippen LogP contribution >= 0.6 is 0 Å². The molecule has 0 aliphatic carbocycles. The molecule has 2 saturated heterocycles. The number of hydrogen-bond donors (Lipinski definition) is 2. The second kappa shape index (κ2) is 6.78. The standard InChI is InChI=1S/C18H22N4O4/c1-18(13-5-3-2-4-6-13)16(25)22(17(26)20-18)11-14(23)21-9-7-12(8-10-21)15(19)24/h2-6,12H,7-11H2,1H3,(H2,19,24)(H,20,26). The van der Waals surface area contributed by atoms with Crippen LogP contribution < -0.4 is 11.1 Å². The fourth-order valence-corrected chi connectivity index (χ4v) is 3.46. The van der Waals surface area contributed by atoms with Crippen LogP contribution in [-0.4, -0.2) is 53.2 Å². The minimum Gasteiger partial charge on any atom is -0.369 e. The molecule has 1 atom stereocenters. The topological polar surface area (TPSA) is 113 Å². The molecule has 1 aromatic carbocycles. The van der Waals surface area contributed by atoms with E-state index in [4.69, 9.17) is 5.73 Å². The largest absolute Gasteiger partial charge is 0.369 e. The summed E-state index contributed by atoms with van der Waals surface area (Å²) in [4.78, 5) is 51.3. The van der Waals surface area contributed by atoms with Crippen molar-refractivity contribution < 1.29 is 19.2 Å². The number of hydrogen-bond acceptors (Lipinski definition) is 4. The minimum absolute atomic E-state index is 0.225. The molecule has 2 fully saturated rings. The number of carbonyl (C=O) groups excluding carboxylic acids is 4. The molecule has 0 spiro atoms. The highest BCUT2D eigenvalue weighted by molar-refractivity contribution is 6.09. The molecule has 1 unspecified atom stereocenters. The SMILES string of the molecule is CC1(c2ccccc2)NC(=O)N(CC(=O)N2CCC(C(N)=O)CC2)C1=O. The number of nitrogens with one attached hydrogen (secondary N) is 1. The van der Waals surface area contributed by atoms with Gasteiger partial charge in [0.25, 0.3) is 5.91 Å². The Balaban J connectivity index is 1.67. The van der Waals surface area contributed by atoms with E-state index in [-0.39, 0.29) is 24.3 Å². The van der Waals surface area contributed by atoms with E-state index in [1.54, 1.807) is 36.1 Å². The molecule has 0 saturated carbocycles. The third-order valence-electron chi connectivity index (χ3n) is 5.17. The van der Waals surface area contributed by atoms with Crippen molar-refractivity contribution in [2.24, 2.45) is 11.7 Å². The number of benzene rings is 1. The van der Waals surface area contributed by atoms with Gasteiger partial charge in [0, 0.05) is 19.0 Å². The number of urea groups is 1. The van der Waals surface area contributed by atoms with Crippen molar-refractivity contribution in [1.82, 2.24) is 15.1 Å². The summed E-state index contributed by atoms with van der Waals surface area (Å²) in [5, 5.41) is 2.68. The zero-order valence-electron chi connectivity index (χ0n) is 14.6. The predicted octanol–water partition coefficient (Wildman–Crippen LogP) is 0.178. The van der Waals surface area contributed by atoms with Gasteiger partial charge in [0.15, 0.2) is 0 Å². The lowest BCUT2D eigenvalue weighted by Crippen LogP contribution is -2.47. The first-order chi connectivity index (χ1) is 12.3. The number of piperidine rings is 1. The smallest absolute Gasteiger partial charge is 0.325 e. The van der Waals surface area contributed by atoms with E-state index in [2.05, 4.69) is 5.32 Å². The third kappa shape index (κ3) is 3.14. The number of amides is 5. The molecule has 2 aliphatic rings. The molecular weight excluding hydrogens is 336 g/mol. The summed E-state index contributed by atoms with van der Waals surface area (Å²) in [5.41, 5.74) is 4.77. The Hall–Kier alpha value is -2.90. The molecule has 26 heavy (non-hydrogen) atoms. The Morgan fingerprint density at radius 2 is 1.81 bits per heavy atom. The Morgan fingerprint density at radius 1 is 1.19 bits per heavy atom. The van der Waals surface area contributed by atoms with Crippen molar-refractivity contribution in [3.05, 3.63) is 35.9 Å². The molecule has 0 aromatic heterocycles. The van der Waals surface area contributed by atoms with Crippen LogP contribution in [0.3, 0.4) is 0 Å². The molecule has 0 radical (unpaired) electrons. The molecule has 3 rings (SSSR count). The fraction of sp³-hybridized carbons (Fsp3) is 0.444. The van der Waals surface area contributed by atoms with Crippen LogP contribution in [0.1, 0.15) is 25.3 Å². The third-order valence-corrected chi connectivity index (χ3v) is 5.17. The van der Waals surface area contributed by atoms with Gasteiger partial charge >= 0.3 is 6.03 Å². The van der Waals surface area contributed by atoms with Gasteiger partial charge in [-0.05, 0) is 25.3 Å². The Bertz CT molecular complexity index is 743. The number of nitrogens with two attached hydrogens (primary N) is 1. The van der Waals surface area contributed by atoms with Gasteiger partial charge in [-0.15, -0.1) is 0 Å². The molecule has 8 nitrogen and oxygen atoms in total. The van der Waals surface area contributed by atoms with E-state index in [0.717, 1.165) is 4.90 Å². The first-order valence-electron chi connectivity index (χ1n) is 8.59. The molecule has 138 valence electrons. The molecule has 2 heterocycles. The van der Waals surface area contributed by atoms with Crippen molar-refractivity contribution in [3.8, 4) is 0 Å². The van der Waals surface area contributed by atoms with E-state index >= 15 is 0 Å². The highest BCUT2D eigenvalue weighted by atomic mass is 16.2. The zero-order valence-corrected chi connectivity index (χ0v) is 14.6. The lowest BCUT2D eigenvalue weighted by molar-refractivity contribution is -0.140. The Morgan fingerprint density at radius 3 is 2.38 bits per heavy atom. The summed E-state index contributed by atoms with van der Waals surface area (Å²) in [7, 11) is 0. The van der Waals surface area contributed by atoms with E-state index in [1.807, 2.05) is 6.07 Å². The van der Waals surface area contributed by atoms with Crippen molar-refractivity contribution in [2.45, 2.75) is 25.3 Å². The first-order valence-corrected chi connectivity index (χ1v) is 8.59. The van der Waals surface area contributed by atoms with Crippen molar-refractivity contribution in [1.29, 1.82) is 0 Å². The average molecular weight is 358 g/mol. The number of imide groups is 1. The Kier molecular flexibility index (Phi) is 4.67. The van der Waals surface area contributed by atoms with Gasteiger partial charge in [-0.2, -0.15) is 0 Å². The van der Waals surface area contributed by atoms with Crippen LogP contribution in [0, 0.1) is 5.92 Å². The normalized spacial score (nSPS) is 23.9. The summed E-state index contributed by atoms with van der Waals surface area (Å²) in [6, 6.07) is 8.34. The van der Waals surface area contributed by atoms with Crippen LogP contribution in [0.5, 0.6) is 0 Å². The van der Waals surface area contributed by atoms with Crippen molar-refractivity contribution in [2.75, 3.05) is 19.6 Å². The summed E-state index contributed by atoms with van der Waals surface area (Å²) >= 11 is 0. The van der Waals surface area contributed by atoms with Crippen LogP contribution in [-0.2, 0) is 19.9 Å². The second-order valence-electron chi connectivity index (χ2n) is 6.87. The van der Waals surface area contributed by atoms with E-state index in [9.17, 15) is 19.2 Å². The zero-order chi connectivity index (χ0) is 18.9. The van der Waals surface area contributed by atoms with Crippen molar-refractivity contribution in [3.63, 3.8) is 0 Å². The first kappa shape index (κ1) is 17.9.